The monoisotopic (exact) mass is 443 g/mol. The van der Waals surface area contributed by atoms with Gasteiger partial charge < -0.3 is 10.1 Å². The molecule has 0 fully saturated rings. The molecule has 1 N–H and O–H groups in total. The maximum absolute atomic E-state index is 12.6. The number of hydrogen-bond acceptors (Lipinski definition) is 5. The molecule has 1 heterocycles. The minimum Gasteiger partial charge on any atom is -0.451 e. The van der Waals surface area contributed by atoms with E-state index in [2.05, 4.69) is 26.3 Å². The van der Waals surface area contributed by atoms with E-state index in [9.17, 15) is 14.4 Å². The van der Waals surface area contributed by atoms with Gasteiger partial charge in [0.1, 0.15) is 0 Å². The fourth-order valence-electron chi connectivity index (χ4n) is 2.70. The van der Waals surface area contributed by atoms with Gasteiger partial charge in [0.2, 0.25) is 0 Å². The van der Waals surface area contributed by atoms with Crippen LogP contribution >= 0.6 is 15.9 Å². The number of ether oxygens (including phenoxy) is 1. The van der Waals surface area contributed by atoms with Crippen LogP contribution in [0, 0.1) is 0 Å². The van der Waals surface area contributed by atoms with Gasteiger partial charge in [-0.3, -0.25) is 9.59 Å². The minimum atomic E-state index is -0.761. The van der Waals surface area contributed by atoms with E-state index in [-0.39, 0.29) is 11.3 Å². The third-order valence-corrected chi connectivity index (χ3v) is 4.67. The van der Waals surface area contributed by atoms with Crippen LogP contribution in [0.1, 0.15) is 23.8 Å². The van der Waals surface area contributed by atoms with Crippen LogP contribution in [0.5, 0.6) is 0 Å². The van der Waals surface area contributed by atoms with Gasteiger partial charge in [-0.15, -0.1) is 0 Å². The van der Waals surface area contributed by atoms with Crippen LogP contribution in [-0.2, 0) is 16.1 Å². The molecule has 0 atom stereocenters. The molecule has 8 heteroatoms. The van der Waals surface area contributed by atoms with Crippen LogP contribution in [0.3, 0.4) is 0 Å². The zero-order valence-corrected chi connectivity index (χ0v) is 16.7. The Morgan fingerprint density at radius 2 is 1.79 bits per heavy atom. The third kappa shape index (κ3) is 4.28. The maximum atomic E-state index is 12.6. The van der Waals surface area contributed by atoms with Gasteiger partial charge in [-0.1, -0.05) is 37.3 Å². The first-order chi connectivity index (χ1) is 13.5. The Kier molecular flexibility index (Phi) is 6.20. The van der Waals surface area contributed by atoms with Crippen molar-refractivity contribution in [3.8, 4) is 0 Å². The van der Waals surface area contributed by atoms with Gasteiger partial charge in [-0.2, -0.15) is 5.10 Å². The number of hydrogen-bond donors (Lipinski definition) is 1. The normalized spacial score (nSPS) is 10.6. The fourth-order valence-corrected chi connectivity index (χ4v) is 3.08. The van der Waals surface area contributed by atoms with Crippen LogP contribution < -0.4 is 10.9 Å². The SMILES string of the molecule is CCCn1nc(C(=O)OCC(=O)Nc2ccccc2Br)c2ccccc2c1=O. The number of rotatable bonds is 6. The number of aryl methyl sites for hydroxylation is 1. The number of carbonyl (C=O) groups is 2. The van der Waals surface area contributed by atoms with E-state index in [1.54, 1.807) is 42.5 Å². The summed E-state index contributed by atoms with van der Waals surface area (Å²) < 4.78 is 7.11. The van der Waals surface area contributed by atoms with Crippen molar-refractivity contribution in [2.24, 2.45) is 0 Å². The highest BCUT2D eigenvalue weighted by atomic mass is 79.9. The van der Waals surface area contributed by atoms with Crippen LogP contribution in [-0.4, -0.2) is 28.3 Å². The number of fused-ring (bicyclic) bond motifs is 1. The van der Waals surface area contributed by atoms with Crippen LogP contribution in [0.25, 0.3) is 10.8 Å². The second-order valence-corrected chi connectivity index (χ2v) is 6.88. The molecule has 3 rings (SSSR count). The molecule has 1 amide bonds. The molecular weight excluding hydrogens is 426 g/mol. The molecule has 0 aliphatic carbocycles. The summed E-state index contributed by atoms with van der Waals surface area (Å²) in [5.74, 6) is -1.24. The molecule has 1 aromatic heterocycles. The first-order valence-electron chi connectivity index (χ1n) is 8.72. The van der Waals surface area contributed by atoms with Crippen LogP contribution in [0.2, 0.25) is 0 Å². The third-order valence-electron chi connectivity index (χ3n) is 3.98. The van der Waals surface area contributed by atoms with Crippen molar-refractivity contribution in [2.45, 2.75) is 19.9 Å². The van der Waals surface area contributed by atoms with E-state index in [0.29, 0.717) is 33.9 Å². The molecule has 28 heavy (non-hydrogen) atoms. The van der Waals surface area contributed by atoms with Crippen molar-refractivity contribution in [2.75, 3.05) is 11.9 Å². The van der Waals surface area contributed by atoms with Crippen LogP contribution in [0.15, 0.2) is 57.8 Å². The molecule has 2 aromatic carbocycles. The topological polar surface area (TPSA) is 90.3 Å². The number of aromatic nitrogens is 2. The molecule has 0 saturated heterocycles. The summed E-state index contributed by atoms with van der Waals surface area (Å²) in [6.07, 6.45) is 0.689. The molecule has 0 aliphatic rings. The van der Waals surface area contributed by atoms with Crippen molar-refractivity contribution in [1.82, 2.24) is 9.78 Å². The summed E-state index contributed by atoms with van der Waals surface area (Å²) in [5.41, 5.74) is 0.321. The van der Waals surface area contributed by atoms with E-state index in [1.807, 2.05) is 13.0 Å². The Hall–Kier alpha value is -3.00. The molecule has 0 radical (unpaired) electrons. The number of carbonyl (C=O) groups excluding carboxylic acids is 2. The molecule has 0 saturated carbocycles. The molecule has 144 valence electrons. The van der Waals surface area contributed by atoms with Gasteiger partial charge in [0.05, 0.1) is 11.1 Å². The van der Waals surface area contributed by atoms with Crippen molar-refractivity contribution in [3.63, 3.8) is 0 Å². The van der Waals surface area contributed by atoms with E-state index >= 15 is 0 Å². The minimum absolute atomic E-state index is 0.0114. The lowest BCUT2D eigenvalue weighted by Gasteiger charge is -2.11. The molecule has 0 unspecified atom stereocenters. The maximum Gasteiger partial charge on any atom is 0.359 e. The van der Waals surface area contributed by atoms with E-state index < -0.39 is 18.5 Å². The Bertz CT molecular complexity index is 1090. The molecule has 3 aromatic rings. The summed E-state index contributed by atoms with van der Waals surface area (Å²) >= 11 is 3.33. The number of halogens is 1. The summed E-state index contributed by atoms with van der Waals surface area (Å²) in [5, 5.41) is 7.60. The zero-order valence-electron chi connectivity index (χ0n) is 15.1. The number of para-hydroxylation sites is 1. The summed E-state index contributed by atoms with van der Waals surface area (Å²) in [6.45, 7) is 1.82. The Morgan fingerprint density at radius 1 is 1.11 bits per heavy atom. The first kappa shape index (κ1) is 19.8. The van der Waals surface area contributed by atoms with Crippen LogP contribution in [0.4, 0.5) is 5.69 Å². The average Bonchev–Trinajstić information content (AvgIpc) is 2.70. The lowest BCUT2D eigenvalue weighted by molar-refractivity contribution is -0.119. The van der Waals surface area contributed by atoms with E-state index in [4.69, 9.17) is 4.74 Å². The fraction of sp³-hybridized carbons (Fsp3) is 0.200. The van der Waals surface area contributed by atoms with Crippen molar-refractivity contribution in [3.05, 3.63) is 69.1 Å². The predicted octanol–water partition coefficient (Wildman–Crippen LogP) is 3.36. The lowest BCUT2D eigenvalue weighted by atomic mass is 10.1. The molecule has 7 nitrogen and oxygen atoms in total. The largest absolute Gasteiger partial charge is 0.451 e. The first-order valence-corrected chi connectivity index (χ1v) is 9.52. The molecular formula is C20H18BrN3O4. The van der Waals surface area contributed by atoms with E-state index in [0.717, 1.165) is 0 Å². The summed E-state index contributed by atoms with van der Waals surface area (Å²) in [6, 6.07) is 13.8. The molecule has 0 aliphatic heterocycles. The number of benzene rings is 2. The number of amides is 1. The summed E-state index contributed by atoms with van der Waals surface area (Å²) in [7, 11) is 0. The van der Waals surface area contributed by atoms with Gasteiger partial charge >= 0.3 is 5.97 Å². The van der Waals surface area contributed by atoms with E-state index in [1.165, 1.54) is 4.68 Å². The Labute approximate surface area is 169 Å². The number of nitrogens with zero attached hydrogens (tertiary/aromatic N) is 2. The van der Waals surface area contributed by atoms with Gasteiger partial charge in [0, 0.05) is 16.4 Å². The predicted molar refractivity (Wildman–Crippen MR) is 109 cm³/mol. The average molecular weight is 444 g/mol. The quantitative estimate of drug-likeness (QED) is 0.589. The van der Waals surface area contributed by atoms with Gasteiger partial charge in [-0.25, -0.2) is 9.48 Å². The van der Waals surface area contributed by atoms with Gasteiger partial charge in [-0.05, 0) is 40.5 Å². The highest BCUT2D eigenvalue weighted by Gasteiger charge is 2.19. The number of esters is 1. The van der Waals surface area contributed by atoms with Crippen molar-refractivity contribution in [1.29, 1.82) is 0 Å². The number of anilines is 1. The molecule has 0 bridgehead atoms. The number of nitrogens with one attached hydrogen (secondary N) is 1. The van der Waals surface area contributed by atoms with Gasteiger partial charge in [0.15, 0.2) is 12.3 Å². The second-order valence-electron chi connectivity index (χ2n) is 6.03. The second kappa shape index (κ2) is 8.79. The highest BCUT2D eigenvalue weighted by molar-refractivity contribution is 9.10. The summed E-state index contributed by atoms with van der Waals surface area (Å²) in [4.78, 5) is 37.1. The van der Waals surface area contributed by atoms with Gasteiger partial charge in [0.25, 0.3) is 11.5 Å². The lowest BCUT2D eigenvalue weighted by Crippen LogP contribution is -2.27. The Morgan fingerprint density at radius 3 is 2.50 bits per heavy atom. The molecule has 0 spiro atoms. The van der Waals surface area contributed by atoms with Crippen molar-refractivity contribution < 1.29 is 14.3 Å². The smallest absolute Gasteiger partial charge is 0.359 e. The van der Waals surface area contributed by atoms with Crippen molar-refractivity contribution >= 4 is 44.3 Å². The zero-order chi connectivity index (χ0) is 20.1. The highest BCUT2D eigenvalue weighted by Crippen LogP contribution is 2.21. The Balaban J connectivity index is 1.80. The standard InChI is InChI=1S/C20H18BrN3O4/c1-2-11-24-19(26)14-8-4-3-7-13(14)18(23-24)20(27)28-12-17(25)22-16-10-6-5-9-15(16)21/h3-10H,2,11-12H2,1H3,(H,22,25).